The number of carboxylic acid groups (broad SMARTS) is 1. The summed E-state index contributed by atoms with van der Waals surface area (Å²) in [6.07, 6.45) is 0. The largest absolute Gasteiger partial charge is 0.478 e. The summed E-state index contributed by atoms with van der Waals surface area (Å²) >= 11 is 0. The number of benzene rings is 2. The van der Waals surface area contributed by atoms with Gasteiger partial charge in [0, 0.05) is 22.3 Å². The third-order valence-corrected chi connectivity index (χ3v) is 4.08. The monoisotopic (exact) mass is 292 g/mol. The SMILES string of the molecule is O=C(O)c1ccc(CS(=O)Cc2ccc(F)cc2)cc1. The van der Waals surface area contributed by atoms with Gasteiger partial charge in [0.15, 0.2) is 0 Å². The van der Waals surface area contributed by atoms with E-state index in [-0.39, 0.29) is 11.4 Å². The van der Waals surface area contributed by atoms with Crippen molar-refractivity contribution < 1.29 is 18.5 Å². The van der Waals surface area contributed by atoms with Crippen molar-refractivity contribution in [2.45, 2.75) is 11.5 Å². The van der Waals surface area contributed by atoms with Gasteiger partial charge >= 0.3 is 5.97 Å². The van der Waals surface area contributed by atoms with Gasteiger partial charge in [-0.05, 0) is 35.4 Å². The minimum absolute atomic E-state index is 0.207. The summed E-state index contributed by atoms with van der Waals surface area (Å²) in [5.74, 6) is -0.606. The van der Waals surface area contributed by atoms with E-state index in [1.807, 2.05) is 0 Å². The molecule has 0 aliphatic rings. The minimum Gasteiger partial charge on any atom is -0.478 e. The Balaban J connectivity index is 1.97. The Morgan fingerprint density at radius 1 is 0.950 bits per heavy atom. The highest BCUT2D eigenvalue weighted by Gasteiger charge is 2.06. The zero-order valence-corrected chi connectivity index (χ0v) is 11.4. The van der Waals surface area contributed by atoms with Crippen LogP contribution in [0.2, 0.25) is 0 Å². The molecule has 104 valence electrons. The maximum atomic E-state index is 12.8. The van der Waals surface area contributed by atoms with Crippen LogP contribution in [0.5, 0.6) is 0 Å². The lowest BCUT2D eigenvalue weighted by Gasteiger charge is -2.04. The number of hydrogen-bond acceptors (Lipinski definition) is 2. The van der Waals surface area contributed by atoms with E-state index in [2.05, 4.69) is 0 Å². The van der Waals surface area contributed by atoms with Crippen molar-refractivity contribution in [1.82, 2.24) is 0 Å². The van der Waals surface area contributed by atoms with Crippen molar-refractivity contribution >= 4 is 16.8 Å². The van der Waals surface area contributed by atoms with E-state index in [9.17, 15) is 13.4 Å². The highest BCUT2D eigenvalue weighted by atomic mass is 32.2. The van der Waals surface area contributed by atoms with Crippen LogP contribution in [0.25, 0.3) is 0 Å². The number of hydrogen-bond donors (Lipinski definition) is 1. The maximum absolute atomic E-state index is 12.8. The Kier molecular flexibility index (Phi) is 4.63. The van der Waals surface area contributed by atoms with Gasteiger partial charge < -0.3 is 5.11 Å². The molecule has 1 atom stereocenters. The van der Waals surface area contributed by atoms with Gasteiger partial charge in [0.1, 0.15) is 5.82 Å². The molecule has 0 radical (unpaired) electrons. The molecule has 0 aliphatic carbocycles. The Morgan fingerprint density at radius 2 is 1.40 bits per heavy atom. The Morgan fingerprint density at radius 3 is 1.85 bits per heavy atom. The standard InChI is InChI=1S/C15H13FO3S/c16-14-7-3-12(4-8-14)10-20(19)9-11-1-5-13(6-2-11)15(17)18/h1-8H,9-10H2,(H,17,18). The van der Waals surface area contributed by atoms with E-state index in [1.165, 1.54) is 24.3 Å². The minimum atomic E-state index is -1.12. The molecular weight excluding hydrogens is 279 g/mol. The average Bonchev–Trinajstić information content (AvgIpc) is 2.42. The van der Waals surface area contributed by atoms with Crippen LogP contribution in [0, 0.1) is 5.82 Å². The molecule has 1 unspecified atom stereocenters. The van der Waals surface area contributed by atoms with Gasteiger partial charge in [-0.15, -0.1) is 0 Å². The fourth-order valence-corrected chi connectivity index (χ4v) is 2.98. The van der Waals surface area contributed by atoms with Crippen LogP contribution in [0.15, 0.2) is 48.5 Å². The van der Waals surface area contributed by atoms with Gasteiger partial charge in [-0.1, -0.05) is 24.3 Å². The predicted octanol–water partition coefficient (Wildman–Crippen LogP) is 2.97. The summed E-state index contributed by atoms with van der Waals surface area (Å²) in [5, 5.41) is 8.78. The topological polar surface area (TPSA) is 54.4 Å². The van der Waals surface area contributed by atoms with Crippen molar-refractivity contribution in [3.8, 4) is 0 Å². The van der Waals surface area contributed by atoms with E-state index < -0.39 is 16.8 Å². The fourth-order valence-electron chi connectivity index (χ4n) is 1.75. The van der Waals surface area contributed by atoms with Gasteiger partial charge in [-0.3, -0.25) is 4.21 Å². The van der Waals surface area contributed by atoms with E-state index in [1.54, 1.807) is 24.3 Å². The first-order valence-corrected chi connectivity index (χ1v) is 7.45. The van der Waals surface area contributed by atoms with E-state index in [4.69, 9.17) is 5.11 Å². The Labute approximate surface area is 118 Å². The van der Waals surface area contributed by atoms with Crippen molar-refractivity contribution in [1.29, 1.82) is 0 Å². The van der Waals surface area contributed by atoms with Crippen LogP contribution in [0.3, 0.4) is 0 Å². The molecule has 2 aromatic rings. The van der Waals surface area contributed by atoms with Crippen LogP contribution in [0.4, 0.5) is 4.39 Å². The number of aromatic carboxylic acids is 1. The van der Waals surface area contributed by atoms with Gasteiger partial charge in [-0.2, -0.15) is 0 Å². The smallest absolute Gasteiger partial charge is 0.335 e. The highest BCUT2D eigenvalue weighted by Crippen LogP contribution is 2.11. The first kappa shape index (κ1) is 14.4. The van der Waals surface area contributed by atoms with Crippen molar-refractivity contribution in [3.05, 3.63) is 71.0 Å². The van der Waals surface area contributed by atoms with Crippen molar-refractivity contribution in [2.75, 3.05) is 0 Å². The number of halogens is 1. The van der Waals surface area contributed by atoms with Gasteiger partial charge in [0.2, 0.25) is 0 Å². The molecule has 0 saturated heterocycles. The van der Waals surface area contributed by atoms with Crippen LogP contribution in [0.1, 0.15) is 21.5 Å². The molecule has 0 spiro atoms. The van der Waals surface area contributed by atoms with Crippen molar-refractivity contribution in [3.63, 3.8) is 0 Å². The molecule has 0 amide bonds. The summed E-state index contributed by atoms with van der Waals surface area (Å²) in [4.78, 5) is 10.7. The van der Waals surface area contributed by atoms with E-state index in [0.29, 0.717) is 11.5 Å². The summed E-state index contributed by atoms with van der Waals surface area (Å²) in [5.41, 5.74) is 1.83. The Bertz CT molecular complexity index is 621. The molecule has 1 N–H and O–H groups in total. The second kappa shape index (κ2) is 6.43. The molecule has 0 bridgehead atoms. The maximum Gasteiger partial charge on any atom is 0.335 e. The molecule has 3 nitrogen and oxygen atoms in total. The number of carbonyl (C=O) groups is 1. The second-order valence-corrected chi connectivity index (χ2v) is 5.81. The summed E-state index contributed by atoms with van der Waals surface area (Å²) in [6.45, 7) is 0. The molecule has 0 fully saturated rings. The zero-order valence-electron chi connectivity index (χ0n) is 10.6. The highest BCUT2D eigenvalue weighted by molar-refractivity contribution is 7.83. The van der Waals surface area contributed by atoms with Crippen LogP contribution < -0.4 is 0 Å². The van der Waals surface area contributed by atoms with E-state index in [0.717, 1.165) is 11.1 Å². The zero-order chi connectivity index (χ0) is 14.5. The van der Waals surface area contributed by atoms with Gasteiger partial charge in [-0.25, -0.2) is 9.18 Å². The quantitative estimate of drug-likeness (QED) is 0.921. The lowest BCUT2D eigenvalue weighted by molar-refractivity contribution is 0.0697. The summed E-state index contributed by atoms with van der Waals surface area (Å²) in [7, 11) is -1.12. The fraction of sp³-hybridized carbons (Fsp3) is 0.133. The second-order valence-electron chi connectivity index (χ2n) is 4.36. The molecule has 0 aromatic heterocycles. The third kappa shape index (κ3) is 3.99. The third-order valence-electron chi connectivity index (χ3n) is 2.77. The number of carboxylic acids is 1. The molecule has 2 aromatic carbocycles. The first-order valence-electron chi connectivity index (χ1n) is 5.96. The molecule has 0 heterocycles. The van der Waals surface area contributed by atoms with Crippen LogP contribution in [-0.4, -0.2) is 15.3 Å². The summed E-state index contributed by atoms with van der Waals surface area (Å²) < 4.78 is 24.7. The molecule has 2 rings (SSSR count). The molecule has 20 heavy (non-hydrogen) atoms. The van der Waals surface area contributed by atoms with Crippen LogP contribution in [-0.2, 0) is 22.3 Å². The van der Waals surface area contributed by atoms with Gasteiger partial charge in [0.05, 0.1) is 5.56 Å². The number of rotatable bonds is 5. The molecule has 0 aliphatic heterocycles. The molecule has 5 heteroatoms. The lowest BCUT2D eigenvalue weighted by atomic mass is 10.1. The lowest BCUT2D eigenvalue weighted by Crippen LogP contribution is -2.01. The average molecular weight is 292 g/mol. The molecule has 0 saturated carbocycles. The van der Waals surface area contributed by atoms with Crippen LogP contribution >= 0.6 is 0 Å². The normalized spacial score (nSPS) is 12.1. The Hall–Kier alpha value is -2.01. The van der Waals surface area contributed by atoms with E-state index >= 15 is 0 Å². The predicted molar refractivity (Wildman–Crippen MR) is 75.4 cm³/mol. The molecular formula is C15H13FO3S. The first-order chi connectivity index (χ1) is 9.54. The van der Waals surface area contributed by atoms with Gasteiger partial charge in [0.25, 0.3) is 0 Å². The van der Waals surface area contributed by atoms with Crippen molar-refractivity contribution in [2.24, 2.45) is 0 Å². The summed E-state index contributed by atoms with van der Waals surface area (Å²) in [6, 6.07) is 12.2.